The van der Waals surface area contributed by atoms with Gasteiger partial charge in [0, 0.05) is 0 Å². The van der Waals surface area contributed by atoms with E-state index < -0.39 is 11.9 Å². The Bertz CT molecular complexity index is 825. The number of aromatic nitrogens is 2. The molecule has 2 rings (SSSR count). The van der Waals surface area contributed by atoms with Crippen molar-refractivity contribution in [3.05, 3.63) is 33.8 Å². The van der Waals surface area contributed by atoms with Crippen molar-refractivity contribution in [2.45, 2.75) is 0 Å². The Hall–Kier alpha value is -2.78. The van der Waals surface area contributed by atoms with Gasteiger partial charge < -0.3 is 14.2 Å². The average molecular weight is 401 g/mol. The number of ether oxygens (including phenoxy) is 3. The Morgan fingerprint density at radius 1 is 0.962 bits per heavy atom. The minimum absolute atomic E-state index is 0.0452. The number of carbonyl (C=O) groups is 2. The maximum Gasteiger partial charge on any atom is 0.328 e. The monoisotopic (exact) mass is 400 g/mol. The zero-order valence-electron chi connectivity index (χ0n) is 13.9. The van der Waals surface area contributed by atoms with Gasteiger partial charge >= 0.3 is 6.03 Å². The van der Waals surface area contributed by atoms with Gasteiger partial charge in [0.15, 0.2) is 5.75 Å². The van der Waals surface area contributed by atoms with Crippen LogP contribution in [0.5, 0.6) is 17.5 Å². The van der Waals surface area contributed by atoms with Gasteiger partial charge in [0.25, 0.3) is 5.91 Å². The first-order chi connectivity index (χ1) is 12.4. The van der Waals surface area contributed by atoms with Gasteiger partial charge in [0.1, 0.15) is 5.56 Å². The molecule has 0 radical (unpaired) electrons. The SMILES string of the molecule is COc1cc(OC)nc(NC(=O)NC(=O)c2c(Cl)ccc(Cl)c2OC)n1. The summed E-state index contributed by atoms with van der Waals surface area (Å²) in [7, 11) is 4.11. The van der Waals surface area contributed by atoms with Crippen molar-refractivity contribution in [1.29, 1.82) is 0 Å². The fourth-order valence-corrected chi connectivity index (χ4v) is 2.38. The van der Waals surface area contributed by atoms with E-state index in [1.807, 2.05) is 0 Å². The highest BCUT2D eigenvalue weighted by Crippen LogP contribution is 2.33. The molecular formula is C15H14Cl2N4O5. The number of hydrogen-bond donors (Lipinski definition) is 2. The van der Waals surface area contributed by atoms with Crippen molar-refractivity contribution in [2.75, 3.05) is 26.6 Å². The van der Waals surface area contributed by atoms with E-state index in [0.717, 1.165) is 0 Å². The molecule has 0 atom stereocenters. The minimum Gasteiger partial charge on any atom is -0.494 e. The van der Waals surface area contributed by atoms with E-state index in [1.54, 1.807) is 0 Å². The van der Waals surface area contributed by atoms with Crippen LogP contribution >= 0.6 is 23.2 Å². The predicted molar refractivity (Wildman–Crippen MR) is 94.6 cm³/mol. The van der Waals surface area contributed by atoms with E-state index in [-0.39, 0.29) is 39.1 Å². The molecule has 1 aromatic heterocycles. The summed E-state index contributed by atoms with van der Waals surface area (Å²) >= 11 is 12.0. The number of halogens is 2. The van der Waals surface area contributed by atoms with Crippen molar-refractivity contribution in [2.24, 2.45) is 0 Å². The molecule has 0 fully saturated rings. The zero-order valence-corrected chi connectivity index (χ0v) is 15.4. The van der Waals surface area contributed by atoms with Crippen LogP contribution in [0.4, 0.5) is 10.7 Å². The predicted octanol–water partition coefficient (Wildman–Crippen LogP) is 2.77. The lowest BCUT2D eigenvalue weighted by Gasteiger charge is -2.12. The highest BCUT2D eigenvalue weighted by molar-refractivity contribution is 6.37. The third-order valence-electron chi connectivity index (χ3n) is 3.04. The van der Waals surface area contributed by atoms with Gasteiger partial charge in [-0.15, -0.1) is 0 Å². The standard InChI is InChI=1S/C15H14Cl2N4O5/c1-24-9-6-10(25-2)19-14(18-9)21-15(23)20-13(22)11-7(16)4-5-8(17)12(11)26-3/h4-6H,1-3H3,(H2,18,19,20,21,22,23). The molecule has 138 valence electrons. The third kappa shape index (κ3) is 4.44. The van der Waals surface area contributed by atoms with Crippen molar-refractivity contribution in [1.82, 2.24) is 15.3 Å². The Morgan fingerprint density at radius 2 is 1.54 bits per heavy atom. The number of methoxy groups -OCH3 is 3. The molecule has 1 heterocycles. The van der Waals surface area contributed by atoms with Gasteiger partial charge in [-0.05, 0) is 12.1 Å². The number of amides is 3. The summed E-state index contributed by atoms with van der Waals surface area (Å²) in [4.78, 5) is 32.3. The van der Waals surface area contributed by atoms with Gasteiger partial charge in [0.05, 0.1) is 37.4 Å². The number of anilines is 1. The summed E-state index contributed by atoms with van der Waals surface area (Å²) in [5.41, 5.74) is -0.0824. The third-order valence-corrected chi connectivity index (χ3v) is 3.65. The molecule has 0 spiro atoms. The Labute approximate surface area is 158 Å². The summed E-state index contributed by atoms with van der Waals surface area (Å²) in [5.74, 6) is -0.572. The Kier molecular flexibility index (Phi) is 6.42. The molecule has 2 aromatic rings. The number of hydrogen-bond acceptors (Lipinski definition) is 7. The summed E-state index contributed by atoms with van der Waals surface area (Å²) in [6.45, 7) is 0. The molecule has 0 aliphatic heterocycles. The van der Waals surface area contributed by atoms with Crippen LogP contribution in [0.1, 0.15) is 10.4 Å². The molecule has 2 N–H and O–H groups in total. The lowest BCUT2D eigenvalue weighted by molar-refractivity contribution is 0.0964. The highest BCUT2D eigenvalue weighted by atomic mass is 35.5. The summed E-state index contributed by atoms with van der Waals surface area (Å²) in [5, 5.41) is 4.62. The topological polar surface area (TPSA) is 112 Å². The molecule has 0 aliphatic carbocycles. The van der Waals surface area contributed by atoms with Crippen molar-refractivity contribution in [3.8, 4) is 17.5 Å². The second-order valence-electron chi connectivity index (χ2n) is 4.62. The van der Waals surface area contributed by atoms with E-state index in [4.69, 9.17) is 37.4 Å². The first-order valence-electron chi connectivity index (χ1n) is 7.01. The molecule has 0 saturated heterocycles. The van der Waals surface area contributed by atoms with Crippen LogP contribution in [0.15, 0.2) is 18.2 Å². The van der Waals surface area contributed by atoms with Crippen LogP contribution < -0.4 is 24.8 Å². The van der Waals surface area contributed by atoms with Crippen molar-refractivity contribution in [3.63, 3.8) is 0 Å². The van der Waals surface area contributed by atoms with Crippen LogP contribution in [-0.4, -0.2) is 43.2 Å². The van der Waals surface area contributed by atoms with E-state index in [2.05, 4.69) is 20.6 Å². The molecule has 0 bridgehead atoms. The number of rotatable bonds is 5. The van der Waals surface area contributed by atoms with Crippen LogP contribution in [0.25, 0.3) is 0 Å². The van der Waals surface area contributed by atoms with E-state index in [1.165, 1.54) is 39.5 Å². The van der Waals surface area contributed by atoms with Gasteiger partial charge in [-0.3, -0.25) is 15.4 Å². The molecule has 3 amide bonds. The normalized spacial score (nSPS) is 10.0. The number of carbonyl (C=O) groups excluding carboxylic acids is 2. The number of nitrogens with zero attached hydrogens (tertiary/aromatic N) is 2. The first kappa shape index (κ1) is 19.5. The summed E-state index contributed by atoms with van der Waals surface area (Å²) in [6, 6.07) is 3.40. The van der Waals surface area contributed by atoms with Gasteiger partial charge in [-0.1, -0.05) is 23.2 Å². The summed E-state index contributed by atoms with van der Waals surface area (Å²) < 4.78 is 15.0. The fraction of sp³-hybridized carbons (Fsp3) is 0.200. The van der Waals surface area contributed by atoms with E-state index in [0.29, 0.717) is 0 Å². The highest BCUT2D eigenvalue weighted by Gasteiger charge is 2.21. The molecule has 1 aromatic carbocycles. The molecule has 0 saturated carbocycles. The van der Waals surface area contributed by atoms with Crippen LogP contribution in [0, 0.1) is 0 Å². The van der Waals surface area contributed by atoms with Crippen LogP contribution in [-0.2, 0) is 0 Å². The number of benzene rings is 1. The number of imide groups is 1. The Morgan fingerprint density at radius 3 is 2.08 bits per heavy atom. The van der Waals surface area contributed by atoms with Gasteiger partial charge in [0.2, 0.25) is 17.7 Å². The quantitative estimate of drug-likeness (QED) is 0.793. The first-order valence-corrected chi connectivity index (χ1v) is 7.76. The zero-order chi connectivity index (χ0) is 19.3. The number of nitrogens with one attached hydrogen (secondary N) is 2. The molecule has 11 heteroatoms. The minimum atomic E-state index is -0.900. The van der Waals surface area contributed by atoms with Gasteiger partial charge in [-0.2, -0.15) is 9.97 Å². The molecule has 0 unspecified atom stereocenters. The Balaban J connectivity index is 2.19. The second kappa shape index (κ2) is 8.54. The maximum absolute atomic E-state index is 12.4. The van der Waals surface area contributed by atoms with Crippen molar-refractivity contribution < 1.29 is 23.8 Å². The van der Waals surface area contributed by atoms with Crippen molar-refractivity contribution >= 4 is 41.1 Å². The number of urea groups is 1. The summed E-state index contributed by atoms with van der Waals surface area (Å²) in [6.07, 6.45) is 0. The van der Waals surface area contributed by atoms with Gasteiger partial charge in [-0.25, -0.2) is 4.79 Å². The fourth-order valence-electron chi connectivity index (χ4n) is 1.91. The average Bonchev–Trinajstić information content (AvgIpc) is 2.62. The van der Waals surface area contributed by atoms with Crippen LogP contribution in [0.3, 0.4) is 0 Å². The molecule has 0 aliphatic rings. The molecule has 9 nitrogen and oxygen atoms in total. The smallest absolute Gasteiger partial charge is 0.328 e. The molecule has 26 heavy (non-hydrogen) atoms. The second-order valence-corrected chi connectivity index (χ2v) is 5.44. The maximum atomic E-state index is 12.4. The molecular weight excluding hydrogens is 387 g/mol. The van der Waals surface area contributed by atoms with E-state index >= 15 is 0 Å². The lowest BCUT2D eigenvalue weighted by Crippen LogP contribution is -2.35. The van der Waals surface area contributed by atoms with E-state index in [9.17, 15) is 9.59 Å². The largest absolute Gasteiger partial charge is 0.494 e. The lowest BCUT2D eigenvalue weighted by atomic mass is 10.2. The van der Waals surface area contributed by atoms with Crippen LogP contribution in [0.2, 0.25) is 10.0 Å².